The maximum absolute atomic E-state index is 5.61. The lowest BCUT2D eigenvalue weighted by Crippen LogP contribution is -2.27. The number of unbranched alkanes of at least 4 members (excludes halogenated alkanes) is 1. The molecule has 4 nitrogen and oxygen atoms in total. The number of aromatic amines is 1. The van der Waals surface area contributed by atoms with Crippen LogP contribution in [-0.4, -0.2) is 35.0 Å². The fraction of sp³-hybridized carbons (Fsp3) is 0.533. The summed E-state index contributed by atoms with van der Waals surface area (Å²) < 4.78 is 0. The first-order chi connectivity index (χ1) is 9.76. The lowest BCUT2D eigenvalue weighted by Gasteiger charge is -2.25. The molecule has 0 aliphatic heterocycles. The molecule has 0 aliphatic carbocycles. The van der Waals surface area contributed by atoms with Crippen LogP contribution in [0.1, 0.15) is 42.2 Å². The fourth-order valence-corrected chi connectivity index (χ4v) is 3.35. The van der Waals surface area contributed by atoms with Gasteiger partial charge in [-0.3, -0.25) is 4.90 Å². The van der Waals surface area contributed by atoms with Gasteiger partial charge in [0.05, 0.1) is 5.69 Å². The van der Waals surface area contributed by atoms with Crippen molar-refractivity contribution in [2.75, 3.05) is 20.1 Å². The Hall–Kier alpha value is -1.17. The zero-order valence-electron chi connectivity index (χ0n) is 12.3. The first-order valence-electron chi connectivity index (χ1n) is 7.24. The summed E-state index contributed by atoms with van der Waals surface area (Å²) in [6.45, 7) is 3.95. The SMILES string of the molecule is CCCCN(C)C(c1ccc[nH]1)c1nc(CCN)cs1. The average molecular weight is 292 g/mol. The number of hydrogen-bond acceptors (Lipinski definition) is 4. The van der Waals surface area contributed by atoms with Crippen LogP contribution >= 0.6 is 11.3 Å². The van der Waals surface area contributed by atoms with Gasteiger partial charge in [0.2, 0.25) is 0 Å². The summed E-state index contributed by atoms with van der Waals surface area (Å²) in [4.78, 5) is 10.5. The van der Waals surface area contributed by atoms with E-state index in [-0.39, 0.29) is 6.04 Å². The second-order valence-corrected chi connectivity index (χ2v) is 5.97. The van der Waals surface area contributed by atoms with Crippen molar-refractivity contribution in [3.8, 4) is 0 Å². The second-order valence-electron chi connectivity index (χ2n) is 5.08. The Balaban J connectivity index is 2.21. The standard InChI is InChI=1S/C15H24N4S/c1-3-4-10-19(2)14(13-6-5-9-17-13)15-18-12(7-8-16)11-20-15/h5-6,9,11,14,17H,3-4,7-8,10,16H2,1-2H3. The molecule has 0 saturated carbocycles. The normalized spacial score (nSPS) is 13.0. The van der Waals surface area contributed by atoms with Crippen LogP contribution in [0.3, 0.4) is 0 Å². The summed E-state index contributed by atoms with van der Waals surface area (Å²) in [6.07, 6.45) is 5.24. The lowest BCUT2D eigenvalue weighted by molar-refractivity contribution is 0.270. The highest BCUT2D eigenvalue weighted by molar-refractivity contribution is 7.09. The van der Waals surface area contributed by atoms with Gasteiger partial charge < -0.3 is 10.7 Å². The molecule has 1 unspecified atom stereocenters. The largest absolute Gasteiger partial charge is 0.363 e. The van der Waals surface area contributed by atoms with Gasteiger partial charge in [0.25, 0.3) is 0 Å². The Morgan fingerprint density at radius 2 is 2.35 bits per heavy atom. The summed E-state index contributed by atoms with van der Waals surface area (Å²) in [5.74, 6) is 0. The number of rotatable bonds is 8. The van der Waals surface area contributed by atoms with Crippen molar-refractivity contribution in [2.24, 2.45) is 5.73 Å². The summed E-state index contributed by atoms with van der Waals surface area (Å²) in [7, 11) is 2.17. The highest BCUT2D eigenvalue weighted by atomic mass is 32.1. The topological polar surface area (TPSA) is 57.9 Å². The zero-order valence-corrected chi connectivity index (χ0v) is 13.1. The molecule has 0 bridgehead atoms. The third kappa shape index (κ3) is 3.69. The number of nitrogens with one attached hydrogen (secondary N) is 1. The molecule has 0 radical (unpaired) electrons. The number of H-pyrrole nitrogens is 1. The van der Waals surface area contributed by atoms with Crippen molar-refractivity contribution in [1.82, 2.24) is 14.9 Å². The number of nitrogens with zero attached hydrogens (tertiary/aromatic N) is 2. The zero-order chi connectivity index (χ0) is 14.4. The first-order valence-corrected chi connectivity index (χ1v) is 8.12. The molecule has 0 amide bonds. The Bertz CT molecular complexity index is 492. The molecule has 0 fully saturated rings. The first kappa shape index (κ1) is 15.2. The molecule has 5 heteroatoms. The van der Waals surface area contributed by atoms with E-state index in [9.17, 15) is 0 Å². The van der Waals surface area contributed by atoms with Crippen molar-refractivity contribution in [2.45, 2.75) is 32.2 Å². The van der Waals surface area contributed by atoms with E-state index in [2.05, 4.69) is 35.3 Å². The van der Waals surface area contributed by atoms with Crippen LogP contribution < -0.4 is 5.73 Å². The predicted molar refractivity (Wildman–Crippen MR) is 85.0 cm³/mol. The van der Waals surface area contributed by atoms with E-state index >= 15 is 0 Å². The minimum absolute atomic E-state index is 0.216. The van der Waals surface area contributed by atoms with Gasteiger partial charge in [-0.05, 0) is 38.7 Å². The molecule has 2 aromatic rings. The molecule has 0 aromatic carbocycles. The van der Waals surface area contributed by atoms with Crippen molar-refractivity contribution in [3.63, 3.8) is 0 Å². The van der Waals surface area contributed by atoms with Crippen molar-refractivity contribution >= 4 is 11.3 Å². The Labute approximate surface area is 125 Å². The van der Waals surface area contributed by atoms with Gasteiger partial charge in [-0.25, -0.2) is 4.98 Å². The van der Waals surface area contributed by atoms with E-state index in [4.69, 9.17) is 10.7 Å². The van der Waals surface area contributed by atoms with Crippen LogP contribution in [0.2, 0.25) is 0 Å². The van der Waals surface area contributed by atoms with Gasteiger partial charge in [-0.15, -0.1) is 11.3 Å². The van der Waals surface area contributed by atoms with E-state index in [0.29, 0.717) is 6.54 Å². The van der Waals surface area contributed by atoms with E-state index in [0.717, 1.165) is 23.7 Å². The van der Waals surface area contributed by atoms with Crippen LogP contribution in [0.5, 0.6) is 0 Å². The number of thiazole rings is 1. The molecular formula is C15H24N4S. The third-order valence-electron chi connectivity index (χ3n) is 3.43. The van der Waals surface area contributed by atoms with E-state index in [1.165, 1.54) is 18.5 Å². The van der Waals surface area contributed by atoms with Crippen molar-refractivity contribution in [1.29, 1.82) is 0 Å². The predicted octanol–water partition coefficient (Wildman–Crippen LogP) is 2.79. The van der Waals surface area contributed by atoms with E-state index in [1.807, 2.05) is 12.3 Å². The maximum Gasteiger partial charge on any atom is 0.116 e. The van der Waals surface area contributed by atoms with Crippen LogP contribution in [0.4, 0.5) is 0 Å². The molecule has 3 N–H and O–H groups in total. The van der Waals surface area contributed by atoms with Crippen molar-refractivity contribution < 1.29 is 0 Å². The fourth-order valence-electron chi connectivity index (χ4n) is 2.32. The molecule has 0 aliphatic rings. The Morgan fingerprint density at radius 1 is 1.50 bits per heavy atom. The van der Waals surface area contributed by atoms with Crippen molar-refractivity contribution in [3.05, 3.63) is 40.1 Å². The van der Waals surface area contributed by atoms with Gasteiger partial charge >= 0.3 is 0 Å². The highest BCUT2D eigenvalue weighted by Crippen LogP contribution is 2.29. The average Bonchev–Trinajstić information content (AvgIpc) is 3.10. The van der Waals surface area contributed by atoms with Gasteiger partial charge in [0, 0.05) is 23.7 Å². The van der Waals surface area contributed by atoms with E-state index < -0.39 is 0 Å². The molecule has 0 spiro atoms. The Morgan fingerprint density at radius 3 is 3.00 bits per heavy atom. The van der Waals surface area contributed by atoms with Crippen LogP contribution in [0.15, 0.2) is 23.7 Å². The van der Waals surface area contributed by atoms with Gasteiger partial charge in [-0.2, -0.15) is 0 Å². The second kappa shape index (κ2) is 7.57. The van der Waals surface area contributed by atoms with Crippen LogP contribution in [-0.2, 0) is 6.42 Å². The highest BCUT2D eigenvalue weighted by Gasteiger charge is 2.22. The molecule has 1 atom stereocenters. The Kier molecular flexibility index (Phi) is 5.76. The molecule has 20 heavy (non-hydrogen) atoms. The van der Waals surface area contributed by atoms with Gasteiger partial charge in [0.15, 0.2) is 0 Å². The maximum atomic E-state index is 5.61. The minimum atomic E-state index is 0.216. The van der Waals surface area contributed by atoms with E-state index in [1.54, 1.807) is 11.3 Å². The monoisotopic (exact) mass is 292 g/mol. The number of nitrogens with two attached hydrogens (primary N) is 1. The summed E-state index contributed by atoms with van der Waals surface area (Å²) in [5, 5.41) is 3.28. The van der Waals surface area contributed by atoms with Crippen LogP contribution in [0, 0.1) is 0 Å². The summed E-state index contributed by atoms with van der Waals surface area (Å²) >= 11 is 1.73. The minimum Gasteiger partial charge on any atom is -0.363 e. The lowest BCUT2D eigenvalue weighted by atomic mass is 10.1. The van der Waals surface area contributed by atoms with Gasteiger partial charge in [0.1, 0.15) is 11.0 Å². The summed E-state index contributed by atoms with van der Waals surface area (Å²) in [6, 6.07) is 4.40. The molecule has 0 saturated heterocycles. The van der Waals surface area contributed by atoms with Crippen LogP contribution in [0.25, 0.3) is 0 Å². The summed E-state index contributed by atoms with van der Waals surface area (Å²) in [5.41, 5.74) is 7.92. The molecule has 2 aromatic heterocycles. The smallest absolute Gasteiger partial charge is 0.116 e. The third-order valence-corrected chi connectivity index (χ3v) is 4.37. The molecule has 2 rings (SSSR count). The molecule has 2 heterocycles. The van der Waals surface area contributed by atoms with Gasteiger partial charge in [-0.1, -0.05) is 13.3 Å². The quantitative estimate of drug-likeness (QED) is 0.786. The molecule has 110 valence electrons. The molecular weight excluding hydrogens is 268 g/mol. The number of aromatic nitrogens is 2. The number of hydrogen-bond donors (Lipinski definition) is 2.